The van der Waals surface area contributed by atoms with Crippen molar-refractivity contribution in [3.8, 4) is 0 Å². The van der Waals surface area contributed by atoms with Gasteiger partial charge in [0.15, 0.2) is 5.78 Å². The number of carbonyl (C=O) groups excluding carboxylic acids is 3. The molecule has 3 heterocycles. The third-order valence-corrected chi connectivity index (χ3v) is 6.49. The van der Waals surface area contributed by atoms with Gasteiger partial charge in [-0.05, 0) is 62.9 Å². The zero-order valence-electron chi connectivity index (χ0n) is 18.7. The van der Waals surface area contributed by atoms with Crippen molar-refractivity contribution in [3.63, 3.8) is 0 Å². The van der Waals surface area contributed by atoms with Gasteiger partial charge in [-0.2, -0.15) is 0 Å². The average Bonchev–Trinajstić information content (AvgIpc) is 3.07. The molecule has 9 heteroatoms. The van der Waals surface area contributed by atoms with E-state index in [4.69, 9.17) is 11.5 Å². The zero-order valence-corrected chi connectivity index (χ0v) is 18.7. The van der Waals surface area contributed by atoms with Crippen molar-refractivity contribution in [2.75, 3.05) is 23.3 Å². The fraction of sp³-hybridized carbons (Fsp3) is 0.417. The fourth-order valence-corrected chi connectivity index (χ4v) is 4.94. The highest BCUT2D eigenvalue weighted by molar-refractivity contribution is 6.02. The Balaban J connectivity index is 1.43. The number of rotatable bonds is 8. The molecule has 2 bridgehead atoms. The number of piperidine rings is 1. The van der Waals surface area contributed by atoms with Crippen molar-refractivity contribution in [3.05, 3.63) is 53.2 Å². The summed E-state index contributed by atoms with van der Waals surface area (Å²) < 4.78 is 0. The Labute approximate surface area is 192 Å². The van der Waals surface area contributed by atoms with Crippen LogP contribution in [-0.2, 0) is 0 Å². The highest BCUT2D eigenvalue weighted by Gasteiger charge is 2.41. The van der Waals surface area contributed by atoms with Gasteiger partial charge in [0.25, 0.3) is 11.8 Å². The Hall–Kier alpha value is -3.46. The molecular formula is C24H30N6O3. The highest BCUT2D eigenvalue weighted by atomic mass is 16.2. The third kappa shape index (κ3) is 4.83. The molecule has 33 heavy (non-hydrogen) atoms. The first kappa shape index (κ1) is 22.7. The number of nitrogens with one attached hydrogen (secondary N) is 2. The second-order valence-electron chi connectivity index (χ2n) is 8.74. The number of Topliss-reactive ketones (excluding diaryl/α,β-unsaturated/α-hetero) is 1. The SMILES string of the molecule is CC(=O)c1ccc(N2[C@@H]3CC[C@H]2CC(NC(=O)c2ccc(C(N)=O)c(NCCN)c2)C3)nc1. The van der Waals surface area contributed by atoms with E-state index in [1.807, 2.05) is 12.1 Å². The van der Waals surface area contributed by atoms with Gasteiger partial charge in [-0.3, -0.25) is 14.4 Å². The Morgan fingerprint density at radius 3 is 2.36 bits per heavy atom. The van der Waals surface area contributed by atoms with Crippen molar-refractivity contribution in [1.82, 2.24) is 10.3 Å². The van der Waals surface area contributed by atoms with Crippen LogP contribution >= 0.6 is 0 Å². The van der Waals surface area contributed by atoms with E-state index in [-0.39, 0.29) is 17.7 Å². The van der Waals surface area contributed by atoms with Gasteiger partial charge in [-0.25, -0.2) is 4.98 Å². The minimum absolute atomic E-state index is 0.00342. The number of pyridine rings is 1. The number of fused-ring (bicyclic) bond motifs is 2. The first-order valence-electron chi connectivity index (χ1n) is 11.3. The number of aromatic nitrogens is 1. The minimum atomic E-state index is -0.560. The molecule has 0 saturated carbocycles. The number of amides is 2. The minimum Gasteiger partial charge on any atom is -0.383 e. The maximum Gasteiger partial charge on any atom is 0.251 e. The molecule has 4 rings (SSSR count). The van der Waals surface area contributed by atoms with Crippen LogP contribution in [0.5, 0.6) is 0 Å². The molecule has 1 aromatic carbocycles. The summed E-state index contributed by atoms with van der Waals surface area (Å²) in [7, 11) is 0. The van der Waals surface area contributed by atoms with E-state index in [2.05, 4.69) is 20.5 Å². The molecule has 9 nitrogen and oxygen atoms in total. The quantitative estimate of drug-likeness (QED) is 0.448. The van der Waals surface area contributed by atoms with Crippen molar-refractivity contribution < 1.29 is 14.4 Å². The summed E-state index contributed by atoms with van der Waals surface area (Å²) in [5.74, 6) is 0.151. The first-order valence-corrected chi connectivity index (χ1v) is 11.3. The summed E-state index contributed by atoms with van der Waals surface area (Å²) in [4.78, 5) is 43.0. The summed E-state index contributed by atoms with van der Waals surface area (Å²) in [6, 6.07) is 9.22. The molecule has 2 aliphatic heterocycles. The predicted molar refractivity (Wildman–Crippen MR) is 127 cm³/mol. The lowest BCUT2D eigenvalue weighted by atomic mass is 9.96. The van der Waals surface area contributed by atoms with Crippen LogP contribution in [0.15, 0.2) is 36.5 Å². The number of ketones is 1. The van der Waals surface area contributed by atoms with Crippen molar-refractivity contribution >= 4 is 29.1 Å². The molecular weight excluding hydrogens is 420 g/mol. The molecule has 1 aromatic heterocycles. The summed E-state index contributed by atoms with van der Waals surface area (Å²) in [6.45, 7) is 2.39. The molecule has 2 amide bonds. The molecule has 2 aromatic rings. The Bertz CT molecular complexity index is 1040. The first-order chi connectivity index (χ1) is 15.9. The zero-order chi connectivity index (χ0) is 23.5. The standard InChI is InChI=1S/C24H30N6O3/c1-14(31)16-3-7-22(28-13-16)30-18-4-5-19(30)12-17(11-18)29-24(33)15-2-6-20(23(26)32)21(10-15)27-9-8-25/h2-3,6-7,10,13,17-19,27H,4-5,8-9,11-12,25H2,1H3,(H2,26,32)(H,29,33)/t17?,18-,19+. The molecule has 2 fully saturated rings. The Kier molecular flexibility index (Phi) is 6.60. The number of hydrogen-bond donors (Lipinski definition) is 4. The van der Waals surface area contributed by atoms with Crippen LogP contribution in [0.2, 0.25) is 0 Å². The summed E-state index contributed by atoms with van der Waals surface area (Å²) in [5, 5.41) is 6.23. The summed E-state index contributed by atoms with van der Waals surface area (Å²) >= 11 is 0. The van der Waals surface area contributed by atoms with Crippen LogP contribution in [0.4, 0.5) is 11.5 Å². The van der Waals surface area contributed by atoms with Crippen LogP contribution < -0.4 is 27.0 Å². The molecule has 2 aliphatic rings. The lowest BCUT2D eigenvalue weighted by Crippen LogP contribution is -2.50. The monoisotopic (exact) mass is 450 g/mol. The van der Waals surface area contributed by atoms with Gasteiger partial charge in [0, 0.05) is 54.2 Å². The van der Waals surface area contributed by atoms with Gasteiger partial charge in [0.05, 0.1) is 5.56 Å². The van der Waals surface area contributed by atoms with E-state index in [0.717, 1.165) is 31.5 Å². The molecule has 0 aliphatic carbocycles. The Morgan fingerprint density at radius 2 is 1.79 bits per heavy atom. The van der Waals surface area contributed by atoms with E-state index in [1.54, 1.807) is 24.4 Å². The maximum atomic E-state index is 13.0. The van der Waals surface area contributed by atoms with Gasteiger partial charge >= 0.3 is 0 Å². The van der Waals surface area contributed by atoms with Crippen molar-refractivity contribution in [2.24, 2.45) is 11.5 Å². The number of hydrogen-bond acceptors (Lipinski definition) is 7. The van der Waals surface area contributed by atoms with Crippen molar-refractivity contribution in [2.45, 2.75) is 50.7 Å². The van der Waals surface area contributed by atoms with E-state index in [0.29, 0.717) is 47.6 Å². The van der Waals surface area contributed by atoms with Gasteiger partial charge in [-0.1, -0.05) is 0 Å². The van der Waals surface area contributed by atoms with Crippen LogP contribution in [0.3, 0.4) is 0 Å². The largest absolute Gasteiger partial charge is 0.383 e. The van der Waals surface area contributed by atoms with E-state index in [9.17, 15) is 14.4 Å². The molecule has 6 N–H and O–H groups in total. The number of carbonyl (C=O) groups is 3. The summed E-state index contributed by atoms with van der Waals surface area (Å²) in [6.07, 6.45) is 5.39. The molecule has 1 unspecified atom stereocenters. The summed E-state index contributed by atoms with van der Waals surface area (Å²) in [5.41, 5.74) is 12.9. The van der Waals surface area contributed by atoms with Crippen LogP contribution in [0, 0.1) is 0 Å². The average molecular weight is 451 g/mol. The topological polar surface area (TPSA) is 143 Å². The molecule has 0 radical (unpaired) electrons. The van der Waals surface area contributed by atoms with Crippen LogP contribution in [0.1, 0.15) is 63.7 Å². The number of nitrogens with two attached hydrogens (primary N) is 2. The molecule has 3 atom stereocenters. The van der Waals surface area contributed by atoms with Gasteiger partial charge in [-0.15, -0.1) is 0 Å². The highest BCUT2D eigenvalue weighted by Crippen LogP contribution is 2.38. The maximum absolute atomic E-state index is 13.0. The predicted octanol–water partition coefficient (Wildman–Crippen LogP) is 1.68. The van der Waals surface area contributed by atoms with E-state index < -0.39 is 5.91 Å². The van der Waals surface area contributed by atoms with E-state index >= 15 is 0 Å². The van der Waals surface area contributed by atoms with Crippen molar-refractivity contribution in [1.29, 1.82) is 0 Å². The van der Waals surface area contributed by atoms with Crippen LogP contribution in [0.25, 0.3) is 0 Å². The number of anilines is 2. The smallest absolute Gasteiger partial charge is 0.251 e. The van der Waals surface area contributed by atoms with Gasteiger partial charge in [0.1, 0.15) is 5.82 Å². The lowest BCUT2D eigenvalue weighted by molar-refractivity contribution is 0.0924. The number of primary amides is 1. The lowest BCUT2D eigenvalue weighted by Gasteiger charge is -2.40. The van der Waals surface area contributed by atoms with Crippen LogP contribution in [-0.4, -0.2) is 53.8 Å². The number of benzene rings is 1. The fourth-order valence-electron chi connectivity index (χ4n) is 4.94. The molecule has 2 saturated heterocycles. The second kappa shape index (κ2) is 9.58. The second-order valence-corrected chi connectivity index (χ2v) is 8.74. The normalized spacial score (nSPS) is 21.5. The van der Waals surface area contributed by atoms with Gasteiger partial charge in [0.2, 0.25) is 0 Å². The Morgan fingerprint density at radius 1 is 1.09 bits per heavy atom. The number of nitrogens with zero attached hydrogens (tertiary/aromatic N) is 2. The van der Waals surface area contributed by atoms with E-state index in [1.165, 1.54) is 6.92 Å². The molecule has 174 valence electrons. The van der Waals surface area contributed by atoms with Gasteiger partial charge < -0.3 is 27.0 Å². The third-order valence-electron chi connectivity index (χ3n) is 6.49. The molecule has 0 spiro atoms.